The molecule has 1 atom stereocenters. The summed E-state index contributed by atoms with van der Waals surface area (Å²) in [5.74, 6) is -1.57. The summed E-state index contributed by atoms with van der Waals surface area (Å²) in [6.45, 7) is 7.93. The van der Waals surface area contributed by atoms with Gasteiger partial charge in [-0.3, -0.25) is 24.1 Å². The number of carbonyl (C=O) groups excluding carboxylic acids is 5. The van der Waals surface area contributed by atoms with Gasteiger partial charge in [0.1, 0.15) is 18.2 Å². The van der Waals surface area contributed by atoms with Crippen LogP contribution in [0.1, 0.15) is 54.8 Å². The summed E-state index contributed by atoms with van der Waals surface area (Å²) in [6.07, 6.45) is -0.129. The molecule has 0 aromatic heterocycles. The summed E-state index contributed by atoms with van der Waals surface area (Å²) in [4.78, 5) is 66.9. The zero-order valence-corrected chi connectivity index (χ0v) is 19.4. The van der Waals surface area contributed by atoms with Crippen LogP contribution in [0.25, 0.3) is 0 Å². The monoisotopic (exact) mass is 458 g/mol. The third-order valence-corrected chi connectivity index (χ3v) is 5.51. The van der Waals surface area contributed by atoms with Crippen LogP contribution in [0.5, 0.6) is 0 Å². The normalized spacial score (nSPS) is 17.4. The van der Waals surface area contributed by atoms with Crippen molar-refractivity contribution in [2.24, 2.45) is 0 Å². The first kappa shape index (κ1) is 24.2. The van der Waals surface area contributed by atoms with Gasteiger partial charge in [-0.1, -0.05) is 12.1 Å². The van der Waals surface area contributed by atoms with Gasteiger partial charge in [-0.2, -0.15) is 0 Å². The van der Waals surface area contributed by atoms with E-state index in [9.17, 15) is 24.0 Å². The number of imide groups is 1. The molecule has 1 saturated heterocycles. The highest BCUT2D eigenvalue weighted by Gasteiger charge is 2.42. The SMILES string of the molecule is CC(C(=O)N1CCCN(C(=O)CNC(=O)OC(C)(C)C)CC1)N1C(=O)c2ccccc2C1=O. The smallest absolute Gasteiger partial charge is 0.408 e. The predicted octanol–water partition coefficient (Wildman–Crippen LogP) is 1.26. The van der Waals surface area contributed by atoms with E-state index in [1.54, 1.807) is 61.8 Å². The number of benzene rings is 1. The van der Waals surface area contributed by atoms with E-state index in [1.807, 2.05) is 0 Å². The largest absolute Gasteiger partial charge is 0.444 e. The lowest BCUT2D eigenvalue weighted by atomic mass is 10.1. The predicted molar refractivity (Wildman–Crippen MR) is 118 cm³/mol. The second kappa shape index (κ2) is 9.60. The lowest BCUT2D eigenvalue weighted by Crippen LogP contribution is -2.50. The van der Waals surface area contributed by atoms with Crippen molar-refractivity contribution >= 4 is 29.7 Å². The highest BCUT2D eigenvalue weighted by molar-refractivity contribution is 6.22. The van der Waals surface area contributed by atoms with E-state index in [0.29, 0.717) is 30.6 Å². The molecule has 3 rings (SSSR count). The van der Waals surface area contributed by atoms with Gasteiger partial charge in [0.2, 0.25) is 11.8 Å². The van der Waals surface area contributed by atoms with Crippen molar-refractivity contribution in [1.82, 2.24) is 20.0 Å². The summed E-state index contributed by atoms with van der Waals surface area (Å²) in [5.41, 5.74) is -0.0631. The zero-order chi connectivity index (χ0) is 24.3. The summed E-state index contributed by atoms with van der Waals surface area (Å²) in [7, 11) is 0. The number of ether oxygens (including phenoxy) is 1. The Labute approximate surface area is 192 Å². The van der Waals surface area contributed by atoms with Crippen LogP contribution in [0.3, 0.4) is 0 Å². The molecule has 0 aliphatic carbocycles. The second-order valence-electron chi connectivity index (χ2n) is 9.12. The number of carbonyl (C=O) groups is 5. The number of hydrogen-bond acceptors (Lipinski definition) is 6. The highest BCUT2D eigenvalue weighted by atomic mass is 16.6. The molecule has 178 valence electrons. The number of alkyl carbamates (subject to hydrolysis) is 1. The quantitative estimate of drug-likeness (QED) is 0.679. The van der Waals surface area contributed by atoms with Gasteiger partial charge in [-0.05, 0) is 46.2 Å². The van der Waals surface area contributed by atoms with Crippen LogP contribution >= 0.6 is 0 Å². The van der Waals surface area contributed by atoms with Gasteiger partial charge in [0.05, 0.1) is 11.1 Å². The summed E-state index contributed by atoms with van der Waals surface area (Å²) in [6, 6.07) is 5.56. The summed E-state index contributed by atoms with van der Waals surface area (Å²) < 4.78 is 5.13. The Morgan fingerprint density at radius 2 is 1.52 bits per heavy atom. The fraction of sp³-hybridized carbons (Fsp3) is 0.522. The van der Waals surface area contributed by atoms with E-state index in [2.05, 4.69) is 5.32 Å². The molecule has 1 aromatic rings. The van der Waals surface area contributed by atoms with Crippen molar-refractivity contribution in [3.05, 3.63) is 35.4 Å². The molecule has 0 bridgehead atoms. The van der Waals surface area contributed by atoms with Crippen molar-refractivity contribution in [3.63, 3.8) is 0 Å². The molecular weight excluding hydrogens is 428 g/mol. The molecule has 0 saturated carbocycles. The van der Waals surface area contributed by atoms with E-state index in [4.69, 9.17) is 4.74 Å². The average Bonchev–Trinajstić information content (AvgIpc) is 2.91. The molecule has 1 fully saturated rings. The van der Waals surface area contributed by atoms with E-state index >= 15 is 0 Å². The maximum absolute atomic E-state index is 13.1. The lowest BCUT2D eigenvalue weighted by molar-refractivity contribution is -0.135. The van der Waals surface area contributed by atoms with Gasteiger partial charge in [0, 0.05) is 26.2 Å². The Balaban J connectivity index is 1.55. The molecule has 0 spiro atoms. The molecule has 10 nitrogen and oxygen atoms in total. The van der Waals surface area contributed by atoms with Gasteiger partial charge < -0.3 is 19.9 Å². The molecule has 10 heteroatoms. The van der Waals surface area contributed by atoms with Crippen LogP contribution in [0.15, 0.2) is 24.3 Å². The number of fused-ring (bicyclic) bond motifs is 1. The Morgan fingerprint density at radius 1 is 0.970 bits per heavy atom. The van der Waals surface area contributed by atoms with Gasteiger partial charge in [0.15, 0.2) is 0 Å². The highest BCUT2D eigenvalue weighted by Crippen LogP contribution is 2.25. The summed E-state index contributed by atoms with van der Waals surface area (Å²) >= 11 is 0. The summed E-state index contributed by atoms with van der Waals surface area (Å²) in [5, 5.41) is 2.45. The standard InChI is InChI=1S/C23H30N4O6/c1-15(27-20(30)16-8-5-6-9-17(16)21(27)31)19(29)26-11-7-10-25(12-13-26)18(28)14-24-22(32)33-23(2,3)4/h5-6,8-9,15H,7,10-14H2,1-4H3,(H,24,32). The zero-order valence-electron chi connectivity index (χ0n) is 19.4. The topological polar surface area (TPSA) is 116 Å². The minimum absolute atomic E-state index is 0.200. The molecule has 1 unspecified atom stereocenters. The van der Waals surface area contributed by atoms with Gasteiger partial charge in [0.25, 0.3) is 11.8 Å². The third-order valence-electron chi connectivity index (χ3n) is 5.51. The van der Waals surface area contributed by atoms with E-state index in [0.717, 1.165) is 4.90 Å². The Morgan fingerprint density at radius 3 is 2.09 bits per heavy atom. The fourth-order valence-electron chi connectivity index (χ4n) is 3.90. The minimum atomic E-state index is -0.950. The molecule has 1 aromatic carbocycles. The van der Waals surface area contributed by atoms with Crippen LogP contribution in [0.2, 0.25) is 0 Å². The average molecular weight is 459 g/mol. The number of hydrogen-bond donors (Lipinski definition) is 1. The van der Waals surface area contributed by atoms with Crippen molar-refractivity contribution in [2.45, 2.75) is 45.8 Å². The molecule has 2 aliphatic heterocycles. The van der Waals surface area contributed by atoms with Crippen LogP contribution in [0, 0.1) is 0 Å². The molecule has 2 aliphatic rings. The van der Waals surface area contributed by atoms with Crippen LogP contribution in [-0.2, 0) is 14.3 Å². The molecule has 33 heavy (non-hydrogen) atoms. The van der Waals surface area contributed by atoms with E-state index < -0.39 is 29.6 Å². The molecule has 5 amide bonds. The Bertz CT molecular complexity index is 935. The van der Waals surface area contributed by atoms with Crippen LogP contribution in [-0.4, -0.2) is 88.8 Å². The number of amides is 5. The molecular formula is C23H30N4O6. The fourth-order valence-corrected chi connectivity index (χ4v) is 3.90. The molecule has 2 heterocycles. The molecule has 1 N–H and O–H groups in total. The first-order chi connectivity index (χ1) is 15.5. The van der Waals surface area contributed by atoms with Crippen molar-refractivity contribution in [2.75, 3.05) is 32.7 Å². The van der Waals surface area contributed by atoms with E-state index in [1.165, 1.54) is 0 Å². The first-order valence-electron chi connectivity index (χ1n) is 11.0. The third kappa shape index (κ3) is 5.50. The minimum Gasteiger partial charge on any atom is -0.444 e. The number of nitrogens with zero attached hydrogens (tertiary/aromatic N) is 3. The van der Waals surface area contributed by atoms with Crippen molar-refractivity contribution in [3.8, 4) is 0 Å². The second-order valence-corrected chi connectivity index (χ2v) is 9.12. The van der Waals surface area contributed by atoms with Crippen molar-refractivity contribution in [1.29, 1.82) is 0 Å². The van der Waals surface area contributed by atoms with Crippen LogP contribution < -0.4 is 5.32 Å². The maximum Gasteiger partial charge on any atom is 0.408 e. The Hall–Kier alpha value is -3.43. The maximum atomic E-state index is 13.1. The van der Waals surface area contributed by atoms with Gasteiger partial charge in [-0.15, -0.1) is 0 Å². The number of nitrogens with one attached hydrogen (secondary N) is 1. The lowest BCUT2D eigenvalue weighted by Gasteiger charge is -2.28. The number of rotatable bonds is 4. The van der Waals surface area contributed by atoms with Gasteiger partial charge >= 0.3 is 6.09 Å². The Kier molecular flexibility index (Phi) is 7.04. The molecule has 0 radical (unpaired) electrons. The van der Waals surface area contributed by atoms with Gasteiger partial charge in [-0.25, -0.2) is 4.79 Å². The van der Waals surface area contributed by atoms with Crippen molar-refractivity contribution < 1.29 is 28.7 Å². The first-order valence-corrected chi connectivity index (χ1v) is 11.0. The van der Waals surface area contributed by atoms with Crippen LogP contribution in [0.4, 0.5) is 4.79 Å². The van der Waals surface area contributed by atoms with E-state index in [-0.39, 0.29) is 31.4 Å².